The zero-order chi connectivity index (χ0) is 17.1. The van der Waals surface area contributed by atoms with Gasteiger partial charge in [-0.1, -0.05) is 0 Å². The summed E-state index contributed by atoms with van der Waals surface area (Å²) in [4.78, 5) is 28.1. The van der Waals surface area contributed by atoms with Crippen LogP contribution in [0.4, 0.5) is 0 Å². The van der Waals surface area contributed by atoms with E-state index >= 15 is 0 Å². The van der Waals surface area contributed by atoms with Crippen molar-refractivity contribution in [3.8, 4) is 0 Å². The Kier molecular flexibility index (Phi) is 5.16. The summed E-state index contributed by atoms with van der Waals surface area (Å²) in [6.45, 7) is 3.68. The Hall–Kier alpha value is -1.92. The average molecular weight is 332 g/mol. The van der Waals surface area contributed by atoms with Crippen LogP contribution in [0.5, 0.6) is 0 Å². The molecule has 0 spiro atoms. The molecule has 130 valence electrons. The van der Waals surface area contributed by atoms with E-state index in [1.54, 1.807) is 19.2 Å². The van der Waals surface area contributed by atoms with E-state index in [2.05, 4.69) is 4.90 Å². The Morgan fingerprint density at radius 1 is 1.17 bits per heavy atom. The van der Waals surface area contributed by atoms with E-state index in [1.807, 2.05) is 4.90 Å². The number of ether oxygens (including phenoxy) is 1. The number of hydrogen-bond acceptors (Lipinski definition) is 4. The molecule has 2 aliphatic heterocycles. The molecule has 1 amide bonds. The Balaban J connectivity index is 1.73. The number of carboxylic acid groups (broad SMARTS) is 1. The van der Waals surface area contributed by atoms with Gasteiger partial charge in [-0.2, -0.15) is 0 Å². The molecular formula is C18H24N2O4. The summed E-state index contributed by atoms with van der Waals surface area (Å²) in [6.07, 6.45) is 3.38. The highest BCUT2D eigenvalue weighted by atomic mass is 16.5. The van der Waals surface area contributed by atoms with E-state index < -0.39 is 5.97 Å². The molecule has 0 saturated carbocycles. The lowest BCUT2D eigenvalue weighted by Crippen LogP contribution is -2.42. The maximum absolute atomic E-state index is 12.9. The van der Waals surface area contributed by atoms with Crippen LogP contribution in [0.25, 0.3) is 0 Å². The number of aromatic carboxylic acids is 1. The molecule has 1 aromatic carbocycles. The Labute approximate surface area is 142 Å². The first-order valence-electron chi connectivity index (χ1n) is 8.48. The zero-order valence-electron chi connectivity index (χ0n) is 14.0. The quantitative estimate of drug-likeness (QED) is 0.889. The van der Waals surface area contributed by atoms with Crippen molar-refractivity contribution in [3.05, 3.63) is 35.4 Å². The lowest BCUT2D eigenvalue weighted by Gasteiger charge is -2.28. The highest BCUT2D eigenvalue weighted by Gasteiger charge is 2.37. The van der Waals surface area contributed by atoms with Crippen LogP contribution < -0.4 is 0 Å². The second kappa shape index (κ2) is 7.32. The molecule has 2 saturated heterocycles. The minimum absolute atomic E-state index is 0.0457. The van der Waals surface area contributed by atoms with E-state index in [1.165, 1.54) is 25.0 Å². The molecule has 6 nitrogen and oxygen atoms in total. The minimum atomic E-state index is -0.985. The van der Waals surface area contributed by atoms with E-state index in [-0.39, 0.29) is 23.6 Å². The van der Waals surface area contributed by atoms with Crippen molar-refractivity contribution >= 4 is 11.9 Å². The van der Waals surface area contributed by atoms with E-state index in [0.717, 1.165) is 26.1 Å². The second-order valence-corrected chi connectivity index (χ2v) is 6.59. The summed E-state index contributed by atoms with van der Waals surface area (Å²) in [5.74, 6) is -1.03. The number of hydrogen-bond donors (Lipinski definition) is 1. The van der Waals surface area contributed by atoms with Crippen molar-refractivity contribution in [2.75, 3.05) is 33.3 Å². The van der Waals surface area contributed by atoms with Crippen LogP contribution in [-0.4, -0.2) is 72.2 Å². The van der Waals surface area contributed by atoms with Crippen LogP contribution in [0.3, 0.4) is 0 Å². The summed E-state index contributed by atoms with van der Waals surface area (Å²) in [6, 6.07) is 6.31. The fraction of sp³-hybridized carbons (Fsp3) is 0.556. The minimum Gasteiger partial charge on any atom is -0.478 e. The van der Waals surface area contributed by atoms with Crippen LogP contribution in [0, 0.1) is 0 Å². The van der Waals surface area contributed by atoms with E-state index in [0.29, 0.717) is 12.1 Å². The van der Waals surface area contributed by atoms with Crippen LogP contribution in [0.2, 0.25) is 0 Å². The standard InChI is InChI=1S/C18H24N2O4/c1-24-16-10-15(11-19-8-2-3-9-19)20(12-16)17(21)13-4-6-14(7-5-13)18(22)23/h4-7,15-16H,2-3,8-12H2,1H3,(H,22,23)/t15-,16-/m1/s1. The van der Waals surface area contributed by atoms with Gasteiger partial charge in [-0.3, -0.25) is 4.79 Å². The lowest BCUT2D eigenvalue weighted by atomic mass is 10.1. The largest absolute Gasteiger partial charge is 0.478 e. The first-order chi connectivity index (χ1) is 11.6. The van der Waals surface area contributed by atoms with Gasteiger partial charge in [0.1, 0.15) is 0 Å². The molecule has 1 aromatic rings. The Bertz CT molecular complexity index is 596. The first kappa shape index (κ1) is 16.9. The molecule has 0 unspecified atom stereocenters. The third-order valence-electron chi connectivity index (χ3n) is 5.02. The fourth-order valence-electron chi connectivity index (χ4n) is 3.65. The lowest BCUT2D eigenvalue weighted by molar-refractivity contribution is 0.0665. The Morgan fingerprint density at radius 2 is 1.79 bits per heavy atom. The molecule has 6 heteroatoms. The number of methoxy groups -OCH3 is 1. The highest BCUT2D eigenvalue weighted by Crippen LogP contribution is 2.24. The van der Waals surface area contributed by atoms with Crippen molar-refractivity contribution in [3.63, 3.8) is 0 Å². The number of likely N-dealkylation sites (tertiary alicyclic amines) is 2. The van der Waals surface area contributed by atoms with Crippen LogP contribution >= 0.6 is 0 Å². The molecule has 2 aliphatic rings. The van der Waals surface area contributed by atoms with Crippen molar-refractivity contribution in [2.45, 2.75) is 31.4 Å². The van der Waals surface area contributed by atoms with Crippen molar-refractivity contribution in [1.29, 1.82) is 0 Å². The average Bonchev–Trinajstić information content (AvgIpc) is 3.24. The normalized spacial score (nSPS) is 24.5. The van der Waals surface area contributed by atoms with Gasteiger partial charge in [0.2, 0.25) is 0 Å². The van der Waals surface area contributed by atoms with Gasteiger partial charge in [0.05, 0.1) is 11.7 Å². The van der Waals surface area contributed by atoms with E-state index in [9.17, 15) is 9.59 Å². The van der Waals surface area contributed by atoms with Crippen LogP contribution in [0.15, 0.2) is 24.3 Å². The molecule has 2 atom stereocenters. The second-order valence-electron chi connectivity index (χ2n) is 6.59. The number of carbonyl (C=O) groups excluding carboxylic acids is 1. The third kappa shape index (κ3) is 3.60. The summed E-state index contributed by atoms with van der Waals surface area (Å²) in [5.41, 5.74) is 0.722. The molecule has 0 bridgehead atoms. The fourth-order valence-corrected chi connectivity index (χ4v) is 3.65. The monoisotopic (exact) mass is 332 g/mol. The number of carbonyl (C=O) groups is 2. The summed E-state index contributed by atoms with van der Waals surface area (Å²) < 4.78 is 5.48. The zero-order valence-corrected chi connectivity index (χ0v) is 14.0. The predicted molar refractivity (Wildman–Crippen MR) is 89.3 cm³/mol. The van der Waals surface area contributed by atoms with Crippen molar-refractivity contribution < 1.29 is 19.4 Å². The van der Waals surface area contributed by atoms with Gasteiger partial charge in [-0.05, 0) is 56.6 Å². The third-order valence-corrected chi connectivity index (χ3v) is 5.02. The molecule has 3 rings (SSSR count). The van der Waals surface area contributed by atoms with Crippen molar-refractivity contribution in [1.82, 2.24) is 9.80 Å². The summed E-state index contributed by atoms with van der Waals surface area (Å²) in [5, 5.41) is 8.98. The van der Waals surface area contributed by atoms with E-state index in [4.69, 9.17) is 9.84 Å². The van der Waals surface area contributed by atoms with Crippen molar-refractivity contribution in [2.24, 2.45) is 0 Å². The predicted octanol–water partition coefficient (Wildman–Crippen LogP) is 1.71. The molecule has 2 heterocycles. The van der Waals surface area contributed by atoms with Gasteiger partial charge >= 0.3 is 5.97 Å². The maximum atomic E-state index is 12.9. The maximum Gasteiger partial charge on any atom is 0.335 e. The molecular weight excluding hydrogens is 308 g/mol. The first-order valence-corrected chi connectivity index (χ1v) is 8.48. The smallest absolute Gasteiger partial charge is 0.335 e. The van der Waals surface area contributed by atoms with Gasteiger partial charge in [-0.15, -0.1) is 0 Å². The molecule has 0 aliphatic carbocycles. The summed E-state index contributed by atoms with van der Waals surface area (Å²) in [7, 11) is 1.69. The van der Waals surface area contributed by atoms with Crippen LogP contribution in [-0.2, 0) is 4.74 Å². The molecule has 0 radical (unpaired) electrons. The molecule has 0 aromatic heterocycles. The van der Waals surface area contributed by atoms with Gasteiger partial charge in [0.15, 0.2) is 0 Å². The number of nitrogens with zero attached hydrogens (tertiary/aromatic N) is 2. The highest BCUT2D eigenvalue weighted by molar-refractivity contribution is 5.96. The van der Waals surface area contributed by atoms with Gasteiger partial charge in [0, 0.05) is 31.8 Å². The Morgan fingerprint density at radius 3 is 2.38 bits per heavy atom. The van der Waals surface area contributed by atoms with Gasteiger partial charge in [-0.25, -0.2) is 4.79 Å². The summed E-state index contributed by atoms with van der Waals surface area (Å²) >= 11 is 0. The number of carboxylic acids is 1. The molecule has 2 fully saturated rings. The van der Waals surface area contributed by atoms with Gasteiger partial charge < -0.3 is 19.6 Å². The SMILES string of the molecule is CO[C@@H]1C[C@H](CN2CCCC2)N(C(=O)c2ccc(C(=O)O)cc2)C1. The molecule has 24 heavy (non-hydrogen) atoms. The topological polar surface area (TPSA) is 70.1 Å². The van der Waals surface area contributed by atoms with Gasteiger partial charge in [0.25, 0.3) is 5.91 Å². The number of amides is 1. The molecule has 1 N–H and O–H groups in total. The number of rotatable bonds is 5. The van der Waals surface area contributed by atoms with Crippen LogP contribution in [0.1, 0.15) is 40.0 Å². The number of benzene rings is 1.